The second kappa shape index (κ2) is 3.70. The fourth-order valence-corrected chi connectivity index (χ4v) is 2.08. The van der Waals surface area contributed by atoms with Gasteiger partial charge in [0.05, 0.1) is 11.1 Å². The van der Waals surface area contributed by atoms with E-state index >= 15 is 0 Å². The third-order valence-corrected chi connectivity index (χ3v) is 2.83. The van der Waals surface area contributed by atoms with Crippen molar-refractivity contribution in [1.29, 1.82) is 0 Å². The SMILES string of the molecule is O=C(O)c1c2c(=O)cccc-2oc2ccccc12. The van der Waals surface area contributed by atoms with Crippen LogP contribution in [0.4, 0.5) is 0 Å². The topological polar surface area (TPSA) is 67.5 Å². The minimum Gasteiger partial charge on any atom is -0.478 e. The van der Waals surface area contributed by atoms with Crippen molar-refractivity contribution in [1.82, 2.24) is 0 Å². The van der Waals surface area contributed by atoms with Crippen molar-refractivity contribution < 1.29 is 14.3 Å². The predicted octanol–water partition coefficient (Wildman–Crippen LogP) is 2.60. The fourth-order valence-electron chi connectivity index (χ4n) is 2.08. The Morgan fingerprint density at radius 3 is 2.61 bits per heavy atom. The first-order valence-corrected chi connectivity index (χ1v) is 5.36. The highest BCUT2D eigenvalue weighted by Crippen LogP contribution is 2.30. The van der Waals surface area contributed by atoms with E-state index in [1.54, 1.807) is 36.4 Å². The molecule has 0 atom stereocenters. The molecule has 4 nitrogen and oxygen atoms in total. The molecule has 88 valence electrons. The van der Waals surface area contributed by atoms with Crippen LogP contribution >= 0.6 is 0 Å². The molecule has 0 amide bonds. The number of benzene rings is 2. The average Bonchev–Trinajstić information content (AvgIpc) is 2.36. The highest BCUT2D eigenvalue weighted by molar-refractivity contribution is 6.07. The van der Waals surface area contributed by atoms with Crippen molar-refractivity contribution in [2.24, 2.45) is 0 Å². The number of aromatic carboxylic acids is 1. The molecule has 1 aliphatic carbocycles. The second-order valence-corrected chi connectivity index (χ2v) is 3.91. The van der Waals surface area contributed by atoms with Gasteiger partial charge in [0, 0.05) is 5.39 Å². The normalized spacial score (nSPS) is 10.9. The summed E-state index contributed by atoms with van der Waals surface area (Å²) in [5.41, 5.74) is 0.216. The molecule has 2 aliphatic rings. The van der Waals surface area contributed by atoms with E-state index in [-0.39, 0.29) is 16.6 Å². The average molecular weight is 240 g/mol. The van der Waals surface area contributed by atoms with Gasteiger partial charge in [0.25, 0.3) is 0 Å². The number of hydrogen-bond acceptors (Lipinski definition) is 3. The molecule has 0 saturated carbocycles. The number of para-hydroxylation sites is 1. The summed E-state index contributed by atoms with van der Waals surface area (Å²) in [5.74, 6) is -0.839. The Hall–Kier alpha value is -2.62. The van der Waals surface area contributed by atoms with Gasteiger partial charge in [-0.1, -0.05) is 24.3 Å². The molecule has 0 unspecified atom stereocenters. The smallest absolute Gasteiger partial charge is 0.337 e. The molecule has 0 aromatic heterocycles. The van der Waals surface area contributed by atoms with Crippen LogP contribution in [-0.4, -0.2) is 11.1 Å². The van der Waals surface area contributed by atoms with Gasteiger partial charge in [0.1, 0.15) is 11.3 Å². The summed E-state index contributed by atoms with van der Waals surface area (Å²) in [4.78, 5) is 23.2. The van der Waals surface area contributed by atoms with E-state index in [0.717, 1.165) is 0 Å². The zero-order chi connectivity index (χ0) is 12.7. The molecule has 0 bridgehead atoms. The number of carboxylic acid groups (broad SMARTS) is 1. The molecule has 18 heavy (non-hydrogen) atoms. The van der Waals surface area contributed by atoms with E-state index < -0.39 is 5.97 Å². The van der Waals surface area contributed by atoms with Crippen LogP contribution in [0.2, 0.25) is 0 Å². The fraction of sp³-hybridized carbons (Fsp3) is 0. The van der Waals surface area contributed by atoms with E-state index in [1.165, 1.54) is 6.07 Å². The lowest BCUT2D eigenvalue weighted by Crippen LogP contribution is -2.11. The van der Waals surface area contributed by atoms with Crippen LogP contribution in [-0.2, 0) is 0 Å². The van der Waals surface area contributed by atoms with Crippen LogP contribution < -0.4 is 5.43 Å². The quantitative estimate of drug-likeness (QED) is 0.664. The van der Waals surface area contributed by atoms with Crippen molar-refractivity contribution in [2.75, 3.05) is 0 Å². The first kappa shape index (κ1) is 10.5. The molecule has 1 aromatic rings. The molecular weight excluding hydrogens is 232 g/mol. The third-order valence-electron chi connectivity index (χ3n) is 2.83. The van der Waals surface area contributed by atoms with E-state index in [4.69, 9.17) is 4.42 Å². The lowest BCUT2D eigenvalue weighted by atomic mass is 9.99. The van der Waals surface area contributed by atoms with Gasteiger partial charge in [-0.25, -0.2) is 4.79 Å². The summed E-state index contributed by atoms with van der Waals surface area (Å²) in [6.45, 7) is 0. The van der Waals surface area contributed by atoms with Crippen LogP contribution in [0.25, 0.3) is 22.3 Å². The zero-order valence-corrected chi connectivity index (χ0v) is 9.21. The minimum absolute atomic E-state index is 0.00236. The van der Waals surface area contributed by atoms with E-state index in [0.29, 0.717) is 16.7 Å². The highest BCUT2D eigenvalue weighted by atomic mass is 16.4. The van der Waals surface area contributed by atoms with Crippen LogP contribution in [0.3, 0.4) is 0 Å². The molecule has 1 aliphatic heterocycles. The van der Waals surface area contributed by atoms with Gasteiger partial charge >= 0.3 is 5.97 Å². The van der Waals surface area contributed by atoms with Crippen LogP contribution in [0.5, 0.6) is 0 Å². The minimum atomic E-state index is -1.13. The lowest BCUT2D eigenvalue weighted by Gasteiger charge is -2.10. The van der Waals surface area contributed by atoms with Crippen LogP contribution in [0, 0.1) is 0 Å². The largest absolute Gasteiger partial charge is 0.478 e. The molecule has 1 heterocycles. The number of fused-ring (bicyclic) bond motifs is 2. The summed E-state index contributed by atoms with van der Waals surface area (Å²) in [6.07, 6.45) is 0. The van der Waals surface area contributed by atoms with E-state index in [2.05, 4.69) is 0 Å². The predicted molar refractivity (Wildman–Crippen MR) is 66.1 cm³/mol. The first-order valence-electron chi connectivity index (χ1n) is 5.36. The summed E-state index contributed by atoms with van der Waals surface area (Å²) in [6, 6.07) is 11.3. The molecule has 0 saturated heterocycles. The zero-order valence-electron chi connectivity index (χ0n) is 9.21. The summed E-state index contributed by atoms with van der Waals surface area (Å²) in [5, 5.41) is 9.76. The number of rotatable bonds is 1. The Balaban J connectivity index is 2.64. The van der Waals surface area contributed by atoms with Gasteiger partial charge in [-0.3, -0.25) is 4.79 Å². The molecular formula is C14H8O4. The van der Waals surface area contributed by atoms with Crippen molar-refractivity contribution >= 4 is 16.9 Å². The van der Waals surface area contributed by atoms with Crippen molar-refractivity contribution in [3.8, 4) is 11.3 Å². The second-order valence-electron chi connectivity index (χ2n) is 3.91. The van der Waals surface area contributed by atoms with Gasteiger partial charge in [0.2, 0.25) is 0 Å². The molecule has 1 aromatic carbocycles. The van der Waals surface area contributed by atoms with Crippen molar-refractivity contribution in [3.05, 3.63) is 58.3 Å². The molecule has 3 rings (SSSR count). The van der Waals surface area contributed by atoms with Gasteiger partial charge in [-0.05, 0) is 18.2 Å². The van der Waals surface area contributed by atoms with Crippen LogP contribution in [0.15, 0.2) is 51.7 Å². The maximum atomic E-state index is 11.8. The Labute approximate surface area is 101 Å². The molecule has 0 fully saturated rings. The third kappa shape index (κ3) is 1.39. The summed E-state index contributed by atoms with van der Waals surface area (Å²) >= 11 is 0. The molecule has 1 N–H and O–H groups in total. The Kier molecular flexibility index (Phi) is 2.16. The lowest BCUT2D eigenvalue weighted by molar-refractivity contribution is 0.0699. The van der Waals surface area contributed by atoms with E-state index in [1.807, 2.05) is 0 Å². The molecule has 0 spiro atoms. The van der Waals surface area contributed by atoms with Crippen molar-refractivity contribution in [3.63, 3.8) is 0 Å². The monoisotopic (exact) mass is 240 g/mol. The Morgan fingerprint density at radius 2 is 1.83 bits per heavy atom. The van der Waals surface area contributed by atoms with Gasteiger partial charge in [-0.15, -0.1) is 0 Å². The Morgan fingerprint density at radius 1 is 1.06 bits per heavy atom. The number of carboxylic acids is 1. The van der Waals surface area contributed by atoms with Gasteiger partial charge < -0.3 is 9.52 Å². The van der Waals surface area contributed by atoms with Crippen LogP contribution in [0.1, 0.15) is 10.4 Å². The Bertz CT molecular complexity index is 785. The van der Waals surface area contributed by atoms with E-state index in [9.17, 15) is 14.7 Å². The van der Waals surface area contributed by atoms with Gasteiger partial charge in [0.15, 0.2) is 5.43 Å². The maximum Gasteiger partial charge on any atom is 0.337 e. The number of carbonyl (C=O) groups is 1. The first-order chi connectivity index (χ1) is 8.68. The summed E-state index contributed by atoms with van der Waals surface area (Å²) in [7, 11) is 0. The van der Waals surface area contributed by atoms with Gasteiger partial charge in [-0.2, -0.15) is 0 Å². The summed E-state index contributed by atoms with van der Waals surface area (Å²) < 4.78 is 5.55. The molecule has 4 heteroatoms. The van der Waals surface area contributed by atoms with Crippen molar-refractivity contribution in [2.45, 2.75) is 0 Å². The molecule has 0 radical (unpaired) electrons. The standard InChI is InChI=1S/C14H8O4/c15-9-5-3-7-11-13(9)12(14(16)17)8-4-1-2-6-10(8)18-11/h1-7H,(H,16,17). The number of hydrogen-bond donors (Lipinski definition) is 1. The highest BCUT2D eigenvalue weighted by Gasteiger charge is 2.22. The maximum absolute atomic E-state index is 11.8.